The van der Waals surface area contributed by atoms with Crippen LogP contribution in [0.15, 0.2) is 82.1 Å². The molecule has 32 heavy (non-hydrogen) atoms. The summed E-state index contributed by atoms with van der Waals surface area (Å²) in [5.74, 6) is 0.918. The highest BCUT2D eigenvalue weighted by molar-refractivity contribution is 6.05. The topological polar surface area (TPSA) is 89.5 Å². The zero-order valence-corrected chi connectivity index (χ0v) is 17.4. The van der Waals surface area contributed by atoms with Crippen molar-refractivity contribution in [1.82, 2.24) is 19.9 Å². The van der Waals surface area contributed by atoms with Gasteiger partial charge in [0.05, 0.1) is 10.9 Å². The fourth-order valence-electron chi connectivity index (χ4n) is 3.80. The predicted molar refractivity (Wildman–Crippen MR) is 122 cm³/mol. The standard InChI is InChI=1S/C25H20N4O3/c1-16-22(30)18-10-7-11-19(24(18)32-23(16)17-8-3-2-4-9-17)25(31)26-14-13-21-28-27-20-12-5-6-15-29(20)21/h2-12,15H,13-14H2,1H3,(H,26,31). The molecule has 0 aliphatic rings. The smallest absolute Gasteiger partial charge is 0.255 e. The molecule has 0 bridgehead atoms. The molecule has 5 aromatic rings. The van der Waals surface area contributed by atoms with Gasteiger partial charge in [-0.1, -0.05) is 42.5 Å². The van der Waals surface area contributed by atoms with Crippen molar-refractivity contribution in [3.63, 3.8) is 0 Å². The van der Waals surface area contributed by atoms with E-state index < -0.39 is 0 Å². The van der Waals surface area contributed by atoms with Gasteiger partial charge < -0.3 is 9.73 Å². The summed E-state index contributed by atoms with van der Waals surface area (Å²) in [5.41, 5.74) is 2.52. The summed E-state index contributed by atoms with van der Waals surface area (Å²) in [6, 6.07) is 20.1. The van der Waals surface area contributed by atoms with Gasteiger partial charge in [0.1, 0.15) is 11.6 Å². The number of pyridine rings is 1. The van der Waals surface area contributed by atoms with Gasteiger partial charge in [0.2, 0.25) is 0 Å². The van der Waals surface area contributed by atoms with E-state index >= 15 is 0 Å². The lowest BCUT2D eigenvalue weighted by molar-refractivity contribution is 0.0954. The van der Waals surface area contributed by atoms with Crippen LogP contribution >= 0.6 is 0 Å². The van der Waals surface area contributed by atoms with Crippen LogP contribution in [-0.4, -0.2) is 27.0 Å². The van der Waals surface area contributed by atoms with E-state index in [9.17, 15) is 9.59 Å². The van der Waals surface area contributed by atoms with Gasteiger partial charge in [0.15, 0.2) is 16.7 Å². The molecule has 5 rings (SSSR count). The molecule has 0 aliphatic heterocycles. The monoisotopic (exact) mass is 424 g/mol. The molecule has 3 aromatic heterocycles. The zero-order valence-electron chi connectivity index (χ0n) is 17.4. The van der Waals surface area contributed by atoms with Crippen LogP contribution in [0.5, 0.6) is 0 Å². The van der Waals surface area contributed by atoms with Gasteiger partial charge in [-0.05, 0) is 31.2 Å². The third-order valence-corrected chi connectivity index (χ3v) is 5.44. The normalized spacial score (nSPS) is 11.2. The second-order valence-electron chi connectivity index (χ2n) is 7.48. The van der Waals surface area contributed by atoms with Gasteiger partial charge in [-0.25, -0.2) is 0 Å². The molecule has 0 fully saturated rings. The molecular formula is C25H20N4O3. The first-order chi connectivity index (χ1) is 15.6. The second kappa shape index (κ2) is 8.11. The van der Waals surface area contributed by atoms with Crippen LogP contribution in [0.4, 0.5) is 0 Å². The summed E-state index contributed by atoms with van der Waals surface area (Å²) in [6.45, 7) is 2.11. The number of benzene rings is 2. The number of para-hydroxylation sites is 1. The summed E-state index contributed by atoms with van der Waals surface area (Å²) >= 11 is 0. The van der Waals surface area contributed by atoms with E-state index in [1.54, 1.807) is 25.1 Å². The van der Waals surface area contributed by atoms with Gasteiger partial charge >= 0.3 is 0 Å². The van der Waals surface area contributed by atoms with E-state index in [4.69, 9.17) is 4.42 Å². The molecule has 7 nitrogen and oxygen atoms in total. The molecular weight excluding hydrogens is 404 g/mol. The molecule has 0 saturated carbocycles. The highest BCUT2D eigenvalue weighted by atomic mass is 16.3. The molecule has 0 saturated heterocycles. The summed E-state index contributed by atoms with van der Waals surface area (Å²) in [5, 5.41) is 11.6. The van der Waals surface area contributed by atoms with Crippen LogP contribution in [0.25, 0.3) is 27.9 Å². The van der Waals surface area contributed by atoms with Gasteiger partial charge in [-0.15, -0.1) is 10.2 Å². The molecule has 2 aromatic carbocycles. The zero-order chi connectivity index (χ0) is 22.1. The minimum Gasteiger partial charge on any atom is -0.455 e. The van der Waals surface area contributed by atoms with E-state index in [1.165, 1.54) is 0 Å². The quantitative estimate of drug-likeness (QED) is 0.464. The Bertz CT molecular complexity index is 1500. The van der Waals surface area contributed by atoms with Crippen molar-refractivity contribution in [3.8, 4) is 11.3 Å². The highest BCUT2D eigenvalue weighted by Crippen LogP contribution is 2.27. The lowest BCUT2D eigenvalue weighted by atomic mass is 10.0. The van der Waals surface area contributed by atoms with Gasteiger partial charge in [-0.2, -0.15) is 0 Å². The van der Waals surface area contributed by atoms with E-state index in [1.807, 2.05) is 59.1 Å². The maximum atomic E-state index is 13.0. The SMILES string of the molecule is Cc1c(-c2ccccc2)oc2c(C(=O)NCCc3nnc4ccccn34)cccc2c1=O. The van der Waals surface area contributed by atoms with Crippen molar-refractivity contribution in [3.05, 3.63) is 100 Å². The number of rotatable bonds is 5. The Labute approximate surface area is 183 Å². The summed E-state index contributed by atoms with van der Waals surface area (Å²) in [6.07, 6.45) is 2.40. The Morgan fingerprint density at radius 2 is 1.81 bits per heavy atom. The molecule has 0 radical (unpaired) electrons. The van der Waals surface area contributed by atoms with Crippen molar-refractivity contribution >= 4 is 22.5 Å². The van der Waals surface area contributed by atoms with Crippen molar-refractivity contribution in [1.29, 1.82) is 0 Å². The first kappa shape index (κ1) is 19.7. The molecule has 1 amide bonds. The van der Waals surface area contributed by atoms with Crippen LogP contribution in [0.1, 0.15) is 21.7 Å². The average molecular weight is 424 g/mol. The number of carbonyl (C=O) groups excluding carboxylic acids is 1. The second-order valence-corrected chi connectivity index (χ2v) is 7.48. The van der Waals surface area contributed by atoms with E-state index in [0.717, 1.165) is 17.0 Å². The number of fused-ring (bicyclic) bond motifs is 2. The van der Waals surface area contributed by atoms with Gasteiger partial charge in [0.25, 0.3) is 5.91 Å². The van der Waals surface area contributed by atoms with Crippen molar-refractivity contribution in [2.45, 2.75) is 13.3 Å². The van der Waals surface area contributed by atoms with Gasteiger partial charge in [0, 0.05) is 30.3 Å². The fourth-order valence-corrected chi connectivity index (χ4v) is 3.80. The maximum Gasteiger partial charge on any atom is 0.255 e. The Morgan fingerprint density at radius 1 is 1.00 bits per heavy atom. The number of hydrogen-bond acceptors (Lipinski definition) is 5. The summed E-state index contributed by atoms with van der Waals surface area (Å²) in [4.78, 5) is 26.0. The van der Waals surface area contributed by atoms with Crippen molar-refractivity contribution < 1.29 is 9.21 Å². The van der Waals surface area contributed by atoms with Crippen molar-refractivity contribution in [2.24, 2.45) is 0 Å². The van der Waals surface area contributed by atoms with E-state index in [-0.39, 0.29) is 16.9 Å². The third-order valence-electron chi connectivity index (χ3n) is 5.44. The first-order valence-electron chi connectivity index (χ1n) is 10.3. The third kappa shape index (κ3) is 3.43. The largest absolute Gasteiger partial charge is 0.455 e. The Balaban J connectivity index is 1.45. The lowest BCUT2D eigenvalue weighted by Crippen LogP contribution is -2.26. The van der Waals surface area contributed by atoms with Crippen LogP contribution in [0.2, 0.25) is 0 Å². The molecule has 3 heterocycles. The predicted octanol–water partition coefficient (Wildman–Crippen LogP) is 3.78. The first-order valence-corrected chi connectivity index (χ1v) is 10.3. The van der Waals surface area contributed by atoms with Gasteiger partial charge in [-0.3, -0.25) is 14.0 Å². The summed E-state index contributed by atoms with van der Waals surface area (Å²) in [7, 11) is 0. The Kier molecular flexibility index (Phi) is 4.99. The average Bonchev–Trinajstić information content (AvgIpc) is 3.24. The van der Waals surface area contributed by atoms with E-state index in [2.05, 4.69) is 15.5 Å². The maximum absolute atomic E-state index is 13.0. The molecule has 0 unspecified atom stereocenters. The van der Waals surface area contributed by atoms with Crippen LogP contribution < -0.4 is 10.7 Å². The molecule has 0 spiro atoms. The molecule has 1 N–H and O–H groups in total. The van der Waals surface area contributed by atoms with Crippen molar-refractivity contribution in [2.75, 3.05) is 6.54 Å². The number of nitrogens with zero attached hydrogens (tertiary/aromatic N) is 3. The number of aromatic nitrogens is 3. The number of carbonyl (C=O) groups is 1. The van der Waals surface area contributed by atoms with Crippen LogP contribution in [-0.2, 0) is 6.42 Å². The number of hydrogen-bond donors (Lipinski definition) is 1. The number of amides is 1. The molecule has 158 valence electrons. The minimum atomic E-state index is -0.310. The summed E-state index contributed by atoms with van der Waals surface area (Å²) < 4.78 is 8.02. The number of nitrogens with one attached hydrogen (secondary N) is 1. The molecule has 7 heteroatoms. The highest BCUT2D eigenvalue weighted by Gasteiger charge is 2.18. The molecule has 0 aliphatic carbocycles. The molecule has 0 atom stereocenters. The Hall–Kier alpha value is -4.26. The minimum absolute atomic E-state index is 0.144. The fraction of sp³-hybridized carbons (Fsp3) is 0.120. The lowest BCUT2D eigenvalue weighted by Gasteiger charge is -2.11. The Morgan fingerprint density at radius 3 is 2.66 bits per heavy atom. The van der Waals surface area contributed by atoms with Crippen LogP contribution in [0.3, 0.4) is 0 Å². The van der Waals surface area contributed by atoms with Crippen LogP contribution in [0, 0.1) is 6.92 Å². The van der Waals surface area contributed by atoms with E-state index in [0.29, 0.717) is 35.2 Å².